The molecule has 0 radical (unpaired) electrons. The number of amides is 2. The number of hydrogen-bond acceptors (Lipinski definition) is 7. The zero-order chi connectivity index (χ0) is 24.2. The summed E-state index contributed by atoms with van der Waals surface area (Å²) in [4.78, 5) is 32.2. The molecule has 3 aromatic rings. The highest BCUT2D eigenvalue weighted by molar-refractivity contribution is 6.05. The molecule has 1 aromatic heterocycles. The molecule has 9 heteroatoms. The molecule has 2 aliphatic rings. The quantitative estimate of drug-likeness (QED) is 0.558. The molecule has 0 saturated carbocycles. The van der Waals surface area contributed by atoms with Crippen molar-refractivity contribution in [3.8, 4) is 17.2 Å². The molecule has 2 amide bonds. The van der Waals surface area contributed by atoms with E-state index in [0.717, 1.165) is 0 Å². The van der Waals surface area contributed by atoms with Crippen molar-refractivity contribution in [2.45, 2.75) is 12.8 Å². The van der Waals surface area contributed by atoms with Crippen molar-refractivity contribution in [1.29, 1.82) is 0 Å². The van der Waals surface area contributed by atoms with Crippen molar-refractivity contribution in [3.05, 3.63) is 66.4 Å². The summed E-state index contributed by atoms with van der Waals surface area (Å²) in [5.74, 6) is 2.27. The van der Waals surface area contributed by atoms with E-state index in [0.29, 0.717) is 65.9 Å². The summed E-state index contributed by atoms with van der Waals surface area (Å²) in [6, 6.07) is 16.1. The summed E-state index contributed by atoms with van der Waals surface area (Å²) in [6.45, 7) is 1.54. The molecule has 0 bridgehead atoms. The third kappa shape index (κ3) is 4.98. The van der Waals surface area contributed by atoms with Crippen LogP contribution in [-0.4, -0.2) is 43.8 Å². The van der Waals surface area contributed by atoms with Gasteiger partial charge in [-0.25, -0.2) is 4.98 Å². The number of para-hydroxylation sites is 2. The summed E-state index contributed by atoms with van der Waals surface area (Å²) in [5, 5.41) is 5.87. The van der Waals surface area contributed by atoms with Gasteiger partial charge in [0, 0.05) is 42.5 Å². The number of fused-ring (bicyclic) bond motifs is 1. The van der Waals surface area contributed by atoms with E-state index in [1.165, 1.54) is 0 Å². The highest BCUT2D eigenvalue weighted by Crippen LogP contribution is 2.34. The van der Waals surface area contributed by atoms with Crippen LogP contribution in [-0.2, 0) is 4.79 Å². The van der Waals surface area contributed by atoms with Crippen LogP contribution in [0.3, 0.4) is 0 Å². The van der Waals surface area contributed by atoms with Gasteiger partial charge in [0.15, 0.2) is 11.5 Å². The van der Waals surface area contributed by atoms with Gasteiger partial charge in [-0.15, -0.1) is 0 Å². The fraction of sp³-hybridized carbons (Fsp3) is 0.269. The summed E-state index contributed by atoms with van der Waals surface area (Å²) in [6.07, 6.45) is 3.01. The predicted octanol–water partition coefficient (Wildman–Crippen LogP) is 3.93. The Morgan fingerprint density at radius 2 is 1.80 bits per heavy atom. The van der Waals surface area contributed by atoms with E-state index >= 15 is 0 Å². The Balaban J connectivity index is 1.18. The van der Waals surface area contributed by atoms with E-state index in [1.54, 1.807) is 49.7 Å². The maximum Gasteiger partial charge on any atom is 0.255 e. The SMILES string of the molecule is COc1ccccc1NC(=O)c1ccnc(N2CCC(C(=O)Nc3ccc4c(c3)OCO4)CC2)c1. The molecule has 9 nitrogen and oxygen atoms in total. The number of nitrogens with one attached hydrogen (secondary N) is 2. The van der Waals surface area contributed by atoms with E-state index in [9.17, 15) is 9.59 Å². The minimum absolute atomic E-state index is 0.0126. The van der Waals surface area contributed by atoms with Gasteiger partial charge in [-0.3, -0.25) is 9.59 Å². The van der Waals surface area contributed by atoms with Crippen molar-refractivity contribution in [2.24, 2.45) is 5.92 Å². The van der Waals surface area contributed by atoms with Crippen LogP contribution in [0.1, 0.15) is 23.2 Å². The minimum Gasteiger partial charge on any atom is -0.495 e. The number of anilines is 3. The van der Waals surface area contributed by atoms with E-state index in [2.05, 4.69) is 20.5 Å². The number of aromatic nitrogens is 1. The number of benzene rings is 2. The van der Waals surface area contributed by atoms with Gasteiger partial charge in [0.25, 0.3) is 5.91 Å². The number of piperidine rings is 1. The molecule has 35 heavy (non-hydrogen) atoms. The standard InChI is InChI=1S/C26H26N4O5/c1-33-21-5-3-2-4-20(21)29-26(32)18-8-11-27-24(14-18)30-12-9-17(10-13-30)25(31)28-19-6-7-22-23(15-19)35-16-34-22/h2-8,11,14-15,17H,9-10,12-13,16H2,1H3,(H,28,31)(H,29,32). The first-order valence-corrected chi connectivity index (χ1v) is 11.5. The minimum atomic E-state index is -0.240. The Hall–Kier alpha value is -4.27. The number of carbonyl (C=O) groups excluding carboxylic acids is 2. The molecule has 1 fully saturated rings. The zero-order valence-corrected chi connectivity index (χ0v) is 19.3. The summed E-state index contributed by atoms with van der Waals surface area (Å²) >= 11 is 0. The van der Waals surface area contributed by atoms with E-state index in [1.807, 2.05) is 18.2 Å². The Labute approximate surface area is 203 Å². The molecule has 2 N–H and O–H groups in total. The van der Waals surface area contributed by atoms with Gasteiger partial charge in [-0.05, 0) is 49.2 Å². The predicted molar refractivity (Wildman–Crippen MR) is 131 cm³/mol. The van der Waals surface area contributed by atoms with Gasteiger partial charge < -0.3 is 29.7 Å². The van der Waals surface area contributed by atoms with Gasteiger partial charge >= 0.3 is 0 Å². The second-order valence-corrected chi connectivity index (χ2v) is 8.38. The number of carbonyl (C=O) groups is 2. The molecule has 2 aliphatic heterocycles. The third-order valence-electron chi connectivity index (χ3n) is 6.19. The lowest BCUT2D eigenvalue weighted by molar-refractivity contribution is -0.120. The molecule has 5 rings (SSSR count). The molecule has 0 spiro atoms. The Morgan fingerprint density at radius 3 is 2.63 bits per heavy atom. The summed E-state index contributed by atoms with van der Waals surface area (Å²) in [7, 11) is 1.56. The van der Waals surface area contributed by atoms with E-state index in [4.69, 9.17) is 14.2 Å². The lowest BCUT2D eigenvalue weighted by Crippen LogP contribution is -2.38. The van der Waals surface area contributed by atoms with Crippen LogP contribution >= 0.6 is 0 Å². The summed E-state index contributed by atoms with van der Waals surface area (Å²) < 4.78 is 16.0. The largest absolute Gasteiger partial charge is 0.495 e. The second-order valence-electron chi connectivity index (χ2n) is 8.38. The maximum atomic E-state index is 12.8. The zero-order valence-electron chi connectivity index (χ0n) is 19.3. The highest BCUT2D eigenvalue weighted by atomic mass is 16.7. The number of hydrogen-bond donors (Lipinski definition) is 2. The smallest absolute Gasteiger partial charge is 0.255 e. The molecule has 1 saturated heterocycles. The van der Waals surface area contributed by atoms with Gasteiger partial charge in [-0.1, -0.05) is 12.1 Å². The van der Waals surface area contributed by atoms with Crippen LogP contribution in [0, 0.1) is 5.92 Å². The lowest BCUT2D eigenvalue weighted by atomic mass is 9.95. The van der Waals surface area contributed by atoms with Crippen LogP contribution in [0.4, 0.5) is 17.2 Å². The average Bonchev–Trinajstić information content (AvgIpc) is 3.37. The number of rotatable bonds is 6. The molecule has 0 atom stereocenters. The van der Waals surface area contributed by atoms with Gasteiger partial charge in [-0.2, -0.15) is 0 Å². The molecule has 0 unspecified atom stereocenters. The molecular formula is C26H26N4O5. The first kappa shape index (κ1) is 22.5. The number of ether oxygens (including phenoxy) is 3. The number of methoxy groups -OCH3 is 1. The van der Waals surface area contributed by atoms with Gasteiger partial charge in [0.1, 0.15) is 11.6 Å². The van der Waals surface area contributed by atoms with Crippen LogP contribution in [0.25, 0.3) is 0 Å². The van der Waals surface area contributed by atoms with E-state index < -0.39 is 0 Å². The van der Waals surface area contributed by atoms with Crippen molar-refractivity contribution in [3.63, 3.8) is 0 Å². The molecular weight excluding hydrogens is 448 g/mol. The number of nitrogens with zero attached hydrogens (tertiary/aromatic N) is 2. The lowest BCUT2D eigenvalue weighted by Gasteiger charge is -2.32. The summed E-state index contributed by atoms with van der Waals surface area (Å²) in [5.41, 5.74) is 1.80. The first-order chi connectivity index (χ1) is 17.1. The molecule has 3 heterocycles. The fourth-order valence-corrected chi connectivity index (χ4v) is 4.26. The molecule has 0 aliphatic carbocycles. The van der Waals surface area contributed by atoms with Crippen molar-refractivity contribution in [2.75, 3.05) is 42.5 Å². The Morgan fingerprint density at radius 1 is 1.00 bits per heavy atom. The maximum absolute atomic E-state index is 12.8. The van der Waals surface area contributed by atoms with Gasteiger partial charge in [0.2, 0.25) is 12.7 Å². The third-order valence-corrected chi connectivity index (χ3v) is 6.19. The van der Waals surface area contributed by atoms with Crippen LogP contribution in [0.2, 0.25) is 0 Å². The number of pyridine rings is 1. The van der Waals surface area contributed by atoms with E-state index in [-0.39, 0.29) is 24.5 Å². The Kier molecular flexibility index (Phi) is 6.38. The second kappa shape index (κ2) is 9.92. The first-order valence-electron chi connectivity index (χ1n) is 11.5. The monoisotopic (exact) mass is 474 g/mol. The van der Waals surface area contributed by atoms with Crippen LogP contribution in [0.5, 0.6) is 17.2 Å². The topological polar surface area (TPSA) is 102 Å². The molecule has 180 valence electrons. The fourth-order valence-electron chi connectivity index (χ4n) is 4.26. The van der Waals surface area contributed by atoms with Crippen LogP contribution in [0.15, 0.2) is 60.8 Å². The van der Waals surface area contributed by atoms with Gasteiger partial charge in [0.05, 0.1) is 12.8 Å². The molecule has 2 aromatic carbocycles. The normalized spacial score (nSPS) is 14.9. The van der Waals surface area contributed by atoms with Crippen molar-refractivity contribution >= 4 is 29.0 Å². The van der Waals surface area contributed by atoms with Crippen LogP contribution < -0.4 is 29.7 Å². The highest BCUT2D eigenvalue weighted by Gasteiger charge is 2.26. The van der Waals surface area contributed by atoms with Crippen molar-refractivity contribution in [1.82, 2.24) is 4.98 Å². The average molecular weight is 475 g/mol. The Bertz CT molecular complexity index is 1240. The van der Waals surface area contributed by atoms with Crippen molar-refractivity contribution < 1.29 is 23.8 Å².